The third kappa shape index (κ3) is 6.39. The maximum atomic E-state index is 13.0. The van der Waals surface area contributed by atoms with E-state index in [-0.39, 0.29) is 5.82 Å². The van der Waals surface area contributed by atoms with E-state index in [0.717, 1.165) is 30.1 Å². The topological polar surface area (TPSA) is 0 Å². The van der Waals surface area contributed by atoms with Crippen LogP contribution in [0.25, 0.3) is 0 Å². The van der Waals surface area contributed by atoms with Crippen LogP contribution in [-0.2, 0) is 6.42 Å². The van der Waals surface area contributed by atoms with Gasteiger partial charge in [0.05, 0.1) is 0 Å². The average molecular weight is 359 g/mol. The van der Waals surface area contributed by atoms with Gasteiger partial charge in [-0.05, 0) is 54.2 Å². The third-order valence-electron chi connectivity index (χ3n) is 7.37. The highest BCUT2D eigenvalue weighted by molar-refractivity contribution is 5.16. The summed E-state index contributed by atoms with van der Waals surface area (Å²) in [6.45, 7) is 2.34. The maximum absolute atomic E-state index is 13.0. The second kappa shape index (κ2) is 10.5. The summed E-state index contributed by atoms with van der Waals surface area (Å²) in [6, 6.07) is 7.11. The van der Waals surface area contributed by atoms with Crippen molar-refractivity contribution in [3.05, 3.63) is 35.6 Å². The van der Waals surface area contributed by atoms with Gasteiger partial charge in [0.2, 0.25) is 0 Å². The zero-order chi connectivity index (χ0) is 18.2. The Balaban J connectivity index is 1.27. The molecule has 0 spiro atoms. The van der Waals surface area contributed by atoms with Crippen LogP contribution in [0.15, 0.2) is 24.3 Å². The number of hydrogen-bond donors (Lipinski definition) is 0. The van der Waals surface area contributed by atoms with E-state index in [1.54, 1.807) is 12.1 Å². The lowest BCUT2D eigenvalue weighted by Gasteiger charge is -2.32. The molecule has 0 bridgehead atoms. The molecule has 0 heterocycles. The summed E-state index contributed by atoms with van der Waals surface area (Å²) in [5.41, 5.74) is 1.30. The lowest BCUT2D eigenvalue weighted by molar-refractivity contribution is 0.209. The van der Waals surface area contributed by atoms with Crippen LogP contribution in [0.5, 0.6) is 0 Å². The third-order valence-corrected chi connectivity index (χ3v) is 7.37. The molecule has 2 aliphatic carbocycles. The highest BCUT2D eigenvalue weighted by Crippen LogP contribution is 2.38. The molecule has 0 N–H and O–H groups in total. The zero-order valence-corrected chi connectivity index (χ0v) is 16.9. The number of hydrogen-bond acceptors (Lipinski definition) is 0. The first-order valence-corrected chi connectivity index (χ1v) is 11.5. The second-order valence-corrected chi connectivity index (χ2v) is 9.30. The highest BCUT2D eigenvalue weighted by atomic mass is 19.1. The van der Waals surface area contributed by atoms with Gasteiger partial charge in [-0.15, -0.1) is 0 Å². The van der Waals surface area contributed by atoms with Crippen molar-refractivity contribution in [2.75, 3.05) is 0 Å². The molecular formula is C25H39F. The minimum absolute atomic E-state index is 0.117. The van der Waals surface area contributed by atoms with E-state index in [9.17, 15) is 4.39 Å². The largest absolute Gasteiger partial charge is 0.207 e. The Bertz CT molecular complexity index is 489. The van der Waals surface area contributed by atoms with E-state index in [1.165, 1.54) is 89.0 Å². The molecule has 0 saturated heterocycles. The number of aryl methyl sites for hydroxylation is 1. The summed E-state index contributed by atoms with van der Waals surface area (Å²) in [5.74, 6) is 3.88. The van der Waals surface area contributed by atoms with Gasteiger partial charge in [0, 0.05) is 0 Å². The van der Waals surface area contributed by atoms with E-state index in [0.29, 0.717) is 0 Å². The van der Waals surface area contributed by atoms with Crippen molar-refractivity contribution in [3.8, 4) is 0 Å². The Kier molecular flexibility index (Phi) is 8.02. The Morgan fingerprint density at radius 2 is 1.08 bits per heavy atom. The fourth-order valence-corrected chi connectivity index (χ4v) is 5.52. The summed E-state index contributed by atoms with van der Waals surface area (Å²) >= 11 is 0. The lowest BCUT2D eigenvalue weighted by Crippen LogP contribution is -2.18. The van der Waals surface area contributed by atoms with Gasteiger partial charge in [0.25, 0.3) is 0 Å². The second-order valence-electron chi connectivity index (χ2n) is 9.30. The fourth-order valence-electron chi connectivity index (χ4n) is 5.52. The van der Waals surface area contributed by atoms with E-state index in [2.05, 4.69) is 6.92 Å². The molecule has 0 aliphatic heterocycles. The normalized spacial score (nSPS) is 29.6. The monoisotopic (exact) mass is 358 g/mol. The molecule has 26 heavy (non-hydrogen) atoms. The van der Waals surface area contributed by atoms with Crippen molar-refractivity contribution in [3.63, 3.8) is 0 Å². The number of benzene rings is 1. The molecule has 0 amide bonds. The van der Waals surface area contributed by atoms with Crippen molar-refractivity contribution < 1.29 is 4.39 Å². The molecular weight excluding hydrogens is 319 g/mol. The van der Waals surface area contributed by atoms with E-state index in [4.69, 9.17) is 0 Å². The molecule has 0 nitrogen and oxygen atoms in total. The SMILES string of the molecule is CCC[C@H]1CC[C@H](CC[C@H]2CC[C@H](CCc3ccc(F)cc3)CC2)CC1. The van der Waals surface area contributed by atoms with Crippen LogP contribution >= 0.6 is 0 Å². The highest BCUT2D eigenvalue weighted by Gasteiger charge is 2.24. The summed E-state index contributed by atoms with van der Waals surface area (Å²) in [4.78, 5) is 0. The van der Waals surface area contributed by atoms with Gasteiger partial charge >= 0.3 is 0 Å². The molecule has 1 aromatic rings. The molecule has 146 valence electrons. The molecule has 3 rings (SSSR count). The zero-order valence-electron chi connectivity index (χ0n) is 16.9. The van der Waals surface area contributed by atoms with Gasteiger partial charge in [0.1, 0.15) is 5.82 Å². The molecule has 0 unspecified atom stereocenters. The van der Waals surface area contributed by atoms with Crippen molar-refractivity contribution in [2.45, 2.75) is 96.8 Å². The maximum Gasteiger partial charge on any atom is 0.123 e. The standard InChI is InChI=1S/C25H39F/c1-2-3-20-4-6-21(7-5-20)8-9-22-10-12-23(13-11-22)14-15-24-16-18-25(26)19-17-24/h16-23H,2-15H2,1H3/t20-,21-,22-,23-. The molecule has 0 radical (unpaired) electrons. The Morgan fingerprint density at radius 3 is 1.54 bits per heavy atom. The molecule has 1 heteroatoms. The van der Waals surface area contributed by atoms with E-state index >= 15 is 0 Å². The molecule has 0 aromatic heterocycles. The fraction of sp³-hybridized carbons (Fsp3) is 0.760. The Morgan fingerprint density at radius 1 is 0.654 bits per heavy atom. The number of rotatable bonds is 8. The Hall–Kier alpha value is -0.850. The molecule has 2 aliphatic rings. The summed E-state index contributed by atoms with van der Waals surface area (Å²) in [6.07, 6.45) is 20.1. The smallest absolute Gasteiger partial charge is 0.123 e. The van der Waals surface area contributed by atoms with Gasteiger partial charge in [-0.2, -0.15) is 0 Å². The van der Waals surface area contributed by atoms with Gasteiger partial charge in [0.15, 0.2) is 0 Å². The van der Waals surface area contributed by atoms with Crippen LogP contribution in [0, 0.1) is 29.5 Å². The first-order valence-electron chi connectivity index (χ1n) is 11.5. The predicted octanol–water partition coefficient (Wildman–Crippen LogP) is 7.95. The van der Waals surface area contributed by atoms with E-state index in [1.807, 2.05) is 12.1 Å². The average Bonchev–Trinajstić information content (AvgIpc) is 2.68. The molecule has 2 fully saturated rings. The first kappa shape index (κ1) is 19.9. The van der Waals surface area contributed by atoms with Crippen molar-refractivity contribution in [1.29, 1.82) is 0 Å². The van der Waals surface area contributed by atoms with E-state index < -0.39 is 0 Å². The van der Waals surface area contributed by atoms with Crippen molar-refractivity contribution >= 4 is 0 Å². The van der Waals surface area contributed by atoms with Crippen LogP contribution in [-0.4, -0.2) is 0 Å². The molecule has 2 saturated carbocycles. The van der Waals surface area contributed by atoms with Crippen molar-refractivity contribution in [1.82, 2.24) is 0 Å². The van der Waals surface area contributed by atoms with Gasteiger partial charge in [-0.1, -0.05) is 96.1 Å². The Labute approximate surface area is 161 Å². The van der Waals surface area contributed by atoms with Gasteiger partial charge < -0.3 is 0 Å². The van der Waals surface area contributed by atoms with Gasteiger partial charge in [-0.3, -0.25) is 0 Å². The van der Waals surface area contributed by atoms with Crippen LogP contribution in [0.4, 0.5) is 4.39 Å². The van der Waals surface area contributed by atoms with Crippen LogP contribution in [0.2, 0.25) is 0 Å². The minimum atomic E-state index is -0.117. The number of halogens is 1. The molecule has 1 aromatic carbocycles. The summed E-state index contributed by atoms with van der Waals surface area (Å²) < 4.78 is 13.0. The minimum Gasteiger partial charge on any atom is -0.207 e. The first-order chi connectivity index (χ1) is 12.7. The summed E-state index contributed by atoms with van der Waals surface area (Å²) in [5, 5.41) is 0. The molecule has 0 atom stereocenters. The van der Waals surface area contributed by atoms with Crippen LogP contribution < -0.4 is 0 Å². The predicted molar refractivity (Wildman–Crippen MR) is 110 cm³/mol. The summed E-state index contributed by atoms with van der Waals surface area (Å²) in [7, 11) is 0. The lowest BCUT2D eigenvalue weighted by atomic mass is 9.74. The van der Waals surface area contributed by atoms with Crippen molar-refractivity contribution in [2.24, 2.45) is 23.7 Å². The van der Waals surface area contributed by atoms with Crippen LogP contribution in [0.1, 0.15) is 96.0 Å². The van der Waals surface area contributed by atoms with Crippen LogP contribution in [0.3, 0.4) is 0 Å². The quantitative estimate of drug-likeness (QED) is 0.442. The van der Waals surface area contributed by atoms with Gasteiger partial charge in [-0.25, -0.2) is 4.39 Å².